The maximum atomic E-state index is 13.3. The van der Waals surface area contributed by atoms with Gasteiger partial charge in [0, 0.05) is 44.0 Å². The van der Waals surface area contributed by atoms with Crippen molar-refractivity contribution in [3.63, 3.8) is 0 Å². The molecule has 11 heteroatoms. The third-order valence-corrected chi connectivity index (χ3v) is 6.46. The van der Waals surface area contributed by atoms with Crippen LogP contribution in [0.1, 0.15) is 44.1 Å². The van der Waals surface area contributed by atoms with Crippen molar-refractivity contribution in [3.8, 4) is 0 Å². The zero-order valence-corrected chi connectivity index (χ0v) is 19.6. The SMILES string of the molecule is Cc1nc2c(C(N)=O)cnn2c(C)c1CCC(=O)N1CCN(C(=O)c2ccc(F)cc2Cl)CC1. The molecular weight excluding hydrogens is 463 g/mol. The molecule has 1 fully saturated rings. The van der Waals surface area contributed by atoms with Crippen LogP contribution >= 0.6 is 11.6 Å². The number of fused-ring (bicyclic) bond motifs is 1. The molecule has 1 aliphatic heterocycles. The summed E-state index contributed by atoms with van der Waals surface area (Å²) in [7, 11) is 0. The molecule has 0 radical (unpaired) electrons. The summed E-state index contributed by atoms with van der Waals surface area (Å²) < 4.78 is 14.8. The number of nitrogens with zero attached hydrogens (tertiary/aromatic N) is 5. The molecule has 34 heavy (non-hydrogen) atoms. The molecule has 0 bridgehead atoms. The van der Waals surface area contributed by atoms with E-state index in [1.807, 2.05) is 13.8 Å². The smallest absolute Gasteiger partial charge is 0.255 e. The molecule has 9 nitrogen and oxygen atoms in total. The van der Waals surface area contributed by atoms with Crippen LogP contribution in [0.2, 0.25) is 5.02 Å². The van der Waals surface area contributed by atoms with Crippen LogP contribution in [-0.2, 0) is 11.2 Å². The number of benzene rings is 1. The molecule has 1 aromatic carbocycles. The molecule has 3 aromatic rings. The van der Waals surface area contributed by atoms with Gasteiger partial charge in [-0.2, -0.15) is 5.10 Å². The molecule has 2 N–H and O–H groups in total. The number of amides is 3. The molecule has 0 saturated carbocycles. The molecule has 178 valence electrons. The zero-order valence-electron chi connectivity index (χ0n) is 18.8. The average molecular weight is 487 g/mol. The summed E-state index contributed by atoms with van der Waals surface area (Å²) in [5, 5.41) is 4.28. The number of nitrogens with two attached hydrogens (primary N) is 1. The fraction of sp³-hybridized carbons (Fsp3) is 0.348. The quantitative estimate of drug-likeness (QED) is 0.593. The van der Waals surface area contributed by atoms with Crippen molar-refractivity contribution in [2.24, 2.45) is 5.73 Å². The van der Waals surface area contributed by atoms with Gasteiger partial charge < -0.3 is 15.5 Å². The predicted octanol–water partition coefficient (Wildman–Crippen LogP) is 2.15. The highest BCUT2D eigenvalue weighted by Gasteiger charge is 2.26. The van der Waals surface area contributed by atoms with Gasteiger partial charge >= 0.3 is 0 Å². The Bertz CT molecular complexity index is 1300. The Hall–Kier alpha value is -3.53. The molecule has 2 aromatic heterocycles. The van der Waals surface area contributed by atoms with E-state index < -0.39 is 11.7 Å². The summed E-state index contributed by atoms with van der Waals surface area (Å²) in [6.07, 6.45) is 2.14. The Morgan fingerprint density at radius 1 is 1.09 bits per heavy atom. The normalized spacial score (nSPS) is 14.0. The van der Waals surface area contributed by atoms with Crippen molar-refractivity contribution in [1.82, 2.24) is 24.4 Å². The molecule has 3 amide bonds. The van der Waals surface area contributed by atoms with Gasteiger partial charge in [0.1, 0.15) is 11.4 Å². The van der Waals surface area contributed by atoms with Gasteiger partial charge in [-0.05, 0) is 44.0 Å². The number of rotatable bonds is 5. The van der Waals surface area contributed by atoms with E-state index in [2.05, 4.69) is 10.1 Å². The maximum Gasteiger partial charge on any atom is 0.255 e. The molecule has 4 rings (SSSR count). The number of primary amides is 1. The minimum absolute atomic E-state index is 0.0240. The van der Waals surface area contributed by atoms with Crippen LogP contribution in [0.3, 0.4) is 0 Å². The lowest BCUT2D eigenvalue weighted by atomic mass is 10.1. The highest BCUT2D eigenvalue weighted by molar-refractivity contribution is 6.33. The fourth-order valence-corrected chi connectivity index (χ4v) is 4.48. The van der Waals surface area contributed by atoms with E-state index >= 15 is 0 Å². The second-order valence-electron chi connectivity index (χ2n) is 8.22. The van der Waals surface area contributed by atoms with Gasteiger partial charge in [-0.15, -0.1) is 0 Å². The third kappa shape index (κ3) is 4.45. The second-order valence-corrected chi connectivity index (χ2v) is 8.62. The van der Waals surface area contributed by atoms with Crippen LogP contribution in [0.5, 0.6) is 0 Å². The van der Waals surface area contributed by atoms with Crippen LogP contribution in [0.25, 0.3) is 5.65 Å². The third-order valence-electron chi connectivity index (χ3n) is 6.14. The van der Waals surface area contributed by atoms with Crippen LogP contribution in [-0.4, -0.2) is 68.3 Å². The van der Waals surface area contributed by atoms with Crippen molar-refractivity contribution in [2.45, 2.75) is 26.7 Å². The number of hydrogen-bond donors (Lipinski definition) is 1. The Labute approximate surface area is 200 Å². The number of hydrogen-bond acceptors (Lipinski definition) is 5. The number of aromatic nitrogens is 3. The van der Waals surface area contributed by atoms with Crippen molar-refractivity contribution >= 4 is 35.0 Å². The van der Waals surface area contributed by atoms with Crippen molar-refractivity contribution in [3.05, 3.63) is 63.3 Å². The van der Waals surface area contributed by atoms with Gasteiger partial charge in [0.25, 0.3) is 11.8 Å². The zero-order chi connectivity index (χ0) is 24.6. The Kier molecular flexibility index (Phi) is 6.52. The Morgan fingerprint density at radius 2 is 1.76 bits per heavy atom. The molecule has 0 atom stereocenters. The van der Waals surface area contributed by atoms with Crippen LogP contribution in [0.4, 0.5) is 4.39 Å². The minimum Gasteiger partial charge on any atom is -0.365 e. The maximum absolute atomic E-state index is 13.3. The molecular formula is C23H24ClFN6O3. The lowest BCUT2D eigenvalue weighted by Gasteiger charge is -2.35. The summed E-state index contributed by atoms with van der Waals surface area (Å²) in [5.74, 6) is -1.40. The van der Waals surface area contributed by atoms with Gasteiger partial charge in [0.05, 0.1) is 16.8 Å². The Balaban J connectivity index is 1.38. The molecule has 0 aliphatic carbocycles. The highest BCUT2D eigenvalue weighted by atomic mass is 35.5. The number of piperazine rings is 1. The van der Waals surface area contributed by atoms with Gasteiger partial charge in [-0.3, -0.25) is 14.4 Å². The summed E-state index contributed by atoms with van der Waals surface area (Å²) in [6, 6.07) is 3.69. The molecule has 0 unspecified atom stereocenters. The van der Waals surface area contributed by atoms with E-state index in [1.54, 1.807) is 14.3 Å². The first-order chi connectivity index (χ1) is 16.2. The lowest BCUT2D eigenvalue weighted by molar-refractivity contribution is -0.132. The van der Waals surface area contributed by atoms with Crippen molar-refractivity contribution < 1.29 is 18.8 Å². The number of aryl methyl sites for hydroxylation is 2. The van der Waals surface area contributed by atoms with Crippen molar-refractivity contribution in [2.75, 3.05) is 26.2 Å². The first kappa shape index (κ1) is 23.6. The molecule has 0 spiro atoms. The van der Waals surface area contributed by atoms with Gasteiger partial charge in [0.15, 0.2) is 5.65 Å². The highest BCUT2D eigenvalue weighted by Crippen LogP contribution is 2.21. The monoisotopic (exact) mass is 486 g/mol. The Morgan fingerprint density at radius 3 is 2.41 bits per heavy atom. The van der Waals surface area contributed by atoms with E-state index in [4.69, 9.17) is 17.3 Å². The van der Waals surface area contributed by atoms with Crippen LogP contribution in [0.15, 0.2) is 24.4 Å². The second kappa shape index (κ2) is 9.38. The van der Waals surface area contributed by atoms with Crippen LogP contribution < -0.4 is 5.73 Å². The van der Waals surface area contributed by atoms with E-state index in [9.17, 15) is 18.8 Å². The largest absolute Gasteiger partial charge is 0.365 e. The summed E-state index contributed by atoms with van der Waals surface area (Å²) in [6.45, 7) is 5.24. The topological polar surface area (TPSA) is 114 Å². The van der Waals surface area contributed by atoms with E-state index in [-0.39, 0.29) is 34.4 Å². The predicted molar refractivity (Wildman–Crippen MR) is 123 cm³/mol. The average Bonchev–Trinajstić information content (AvgIpc) is 3.22. The molecule has 1 saturated heterocycles. The summed E-state index contributed by atoms with van der Waals surface area (Å²) in [5.41, 5.74) is 8.69. The van der Waals surface area contributed by atoms with E-state index in [1.165, 1.54) is 18.3 Å². The standard InChI is InChI=1S/C23H24ClFN6O3/c1-13-16(14(2)31-22(28-13)18(12-27-31)21(26)33)5-6-20(32)29-7-9-30(10-8-29)23(34)17-4-3-15(25)11-19(17)24/h3-4,11-12H,5-10H2,1-2H3,(H2,26,33). The number of carbonyl (C=O) groups excluding carboxylic acids is 3. The summed E-state index contributed by atoms with van der Waals surface area (Å²) in [4.78, 5) is 45.0. The van der Waals surface area contributed by atoms with E-state index in [0.717, 1.165) is 17.3 Å². The lowest BCUT2D eigenvalue weighted by Crippen LogP contribution is -2.50. The van der Waals surface area contributed by atoms with E-state index in [0.29, 0.717) is 43.9 Å². The van der Waals surface area contributed by atoms with Crippen LogP contribution in [0, 0.1) is 19.7 Å². The van der Waals surface area contributed by atoms with Gasteiger partial charge in [0.2, 0.25) is 5.91 Å². The first-order valence-corrected chi connectivity index (χ1v) is 11.2. The molecule has 1 aliphatic rings. The minimum atomic E-state index is -0.594. The van der Waals surface area contributed by atoms with Gasteiger partial charge in [-0.25, -0.2) is 13.9 Å². The fourth-order valence-electron chi connectivity index (χ4n) is 4.23. The van der Waals surface area contributed by atoms with Gasteiger partial charge in [-0.1, -0.05) is 11.6 Å². The first-order valence-electron chi connectivity index (χ1n) is 10.8. The molecule has 3 heterocycles. The number of carbonyl (C=O) groups is 3. The summed E-state index contributed by atoms with van der Waals surface area (Å²) >= 11 is 6.01. The van der Waals surface area contributed by atoms with Crippen molar-refractivity contribution in [1.29, 1.82) is 0 Å². The number of halogens is 2.